The summed E-state index contributed by atoms with van der Waals surface area (Å²) in [6.07, 6.45) is 1.87. The molecule has 15 heavy (non-hydrogen) atoms. The Labute approximate surface area is 107 Å². The number of hydrogen-bond donors (Lipinski definition) is 1. The van der Waals surface area contributed by atoms with E-state index in [-0.39, 0.29) is 5.97 Å². The molecule has 0 fully saturated rings. The minimum atomic E-state index is -0.833. The Hall–Kier alpha value is -0.385. The van der Waals surface area contributed by atoms with Crippen LogP contribution in [0.4, 0.5) is 0 Å². The second-order valence-electron chi connectivity index (χ2n) is 2.85. The molecule has 0 unspecified atom stereocenters. The fourth-order valence-corrected chi connectivity index (χ4v) is 2.02. The molecule has 0 amide bonds. The second-order valence-corrected chi connectivity index (χ2v) is 6.16. The first-order valence-electron chi connectivity index (χ1n) is 4.76. The van der Waals surface area contributed by atoms with Crippen molar-refractivity contribution in [3.8, 4) is 0 Å². The molecule has 0 rings (SSSR count). The number of ether oxygens (including phenoxy) is 1. The van der Waals surface area contributed by atoms with E-state index in [1.165, 1.54) is 10.0 Å². The monoisotopic (exact) mass is 403 g/mol. The van der Waals surface area contributed by atoms with Gasteiger partial charge in [0.1, 0.15) is 0 Å². The minimum absolute atomic E-state index is 0.196. The van der Waals surface area contributed by atoms with Crippen LogP contribution in [0.1, 0.15) is 40.5 Å². The van der Waals surface area contributed by atoms with Gasteiger partial charge >= 0.3 is 84.1 Å². The zero-order chi connectivity index (χ0) is 12.4. The van der Waals surface area contributed by atoms with E-state index in [4.69, 9.17) is 14.6 Å². The Balaban J connectivity index is 0. The van der Waals surface area contributed by atoms with Gasteiger partial charge < -0.3 is 5.11 Å². The van der Waals surface area contributed by atoms with Crippen molar-refractivity contribution in [2.45, 2.75) is 40.5 Å². The van der Waals surface area contributed by atoms with E-state index in [0.29, 0.717) is 26.1 Å². The summed E-state index contributed by atoms with van der Waals surface area (Å²) in [5.41, 5.74) is 0. The first kappa shape index (κ1) is 17.0. The molecule has 0 radical (unpaired) electrons. The average Bonchev–Trinajstić information content (AvgIpc) is 2.11. The fourth-order valence-electron chi connectivity index (χ4n) is 0.765. The standard InChI is InChI=1S/C8H13O2.C2H4O2.Hg/c1-4-6-8(5-2)10-7(3)9;1-2(3)4;/h4-5H2,1-3H3;1H3,(H,3,4);. The number of rotatable bonds is 3. The summed E-state index contributed by atoms with van der Waals surface area (Å²) in [5.74, 6) is -0.124. The van der Waals surface area contributed by atoms with Crippen LogP contribution in [0, 0.1) is 0 Å². The van der Waals surface area contributed by atoms with Crippen LogP contribution in [0.2, 0.25) is 0 Å². The molecule has 0 saturated carbocycles. The first-order chi connectivity index (χ1) is 6.84. The van der Waals surface area contributed by atoms with Gasteiger partial charge in [-0.2, -0.15) is 0 Å². The third kappa shape index (κ3) is 13.6. The second kappa shape index (κ2) is 10.1. The van der Waals surface area contributed by atoms with Crippen LogP contribution in [0.15, 0.2) is 8.84 Å². The summed E-state index contributed by atoms with van der Waals surface area (Å²) in [5, 5.41) is 7.42. The van der Waals surface area contributed by atoms with Gasteiger partial charge in [0.05, 0.1) is 0 Å². The van der Waals surface area contributed by atoms with Crippen molar-refractivity contribution in [2.24, 2.45) is 0 Å². The molecule has 0 bridgehead atoms. The summed E-state index contributed by atoms with van der Waals surface area (Å²) in [6.45, 7) is 6.65. The number of hydrogen-bond acceptors (Lipinski definition) is 3. The summed E-state index contributed by atoms with van der Waals surface area (Å²) in [4.78, 5) is 19.6. The molecule has 0 heterocycles. The van der Waals surface area contributed by atoms with Gasteiger partial charge in [0.15, 0.2) is 0 Å². The predicted molar refractivity (Wildman–Crippen MR) is 52.7 cm³/mol. The van der Waals surface area contributed by atoms with Crippen LogP contribution < -0.4 is 0 Å². The zero-order valence-electron chi connectivity index (χ0n) is 9.79. The Kier molecular flexibility index (Phi) is 11.5. The Morgan fingerprint density at radius 3 is 1.80 bits per heavy atom. The zero-order valence-corrected chi connectivity index (χ0v) is 15.3. The van der Waals surface area contributed by atoms with Gasteiger partial charge in [0.2, 0.25) is 0 Å². The molecule has 0 saturated heterocycles. The third-order valence-corrected chi connectivity index (χ3v) is 4.89. The van der Waals surface area contributed by atoms with Crippen LogP contribution in [0.5, 0.6) is 0 Å². The summed E-state index contributed by atoms with van der Waals surface area (Å²) in [7, 11) is 0. The number of carboxylic acid groups (broad SMARTS) is 1. The van der Waals surface area contributed by atoms with Crippen LogP contribution in [-0.4, -0.2) is 17.0 Å². The Morgan fingerprint density at radius 2 is 1.60 bits per heavy atom. The fraction of sp³-hybridized carbons (Fsp3) is 0.600. The van der Waals surface area contributed by atoms with Crippen molar-refractivity contribution in [1.29, 1.82) is 0 Å². The molecular formula is C10H17HgO4. The molecule has 0 aromatic rings. The van der Waals surface area contributed by atoms with Gasteiger partial charge in [0.25, 0.3) is 5.97 Å². The van der Waals surface area contributed by atoms with Gasteiger partial charge in [0, 0.05) is 6.92 Å². The molecule has 0 atom stereocenters. The van der Waals surface area contributed by atoms with Crippen molar-refractivity contribution in [1.82, 2.24) is 0 Å². The molecule has 5 heteroatoms. The predicted octanol–water partition coefficient (Wildman–Crippen LogP) is 2.22. The number of esters is 1. The molecule has 1 N–H and O–H groups in total. The van der Waals surface area contributed by atoms with E-state index in [9.17, 15) is 4.79 Å². The molecule has 0 aromatic carbocycles. The number of carbonyl (C=O) groups excluding carboxylic acids is 1. The molecule has 0 aromatic heterocycles. The quantitative estimate of drug-likeness (QED) is 0.447. The van der Waals surface area contributed by atoms with E-state index in [0.717, 1.165) is 25.5 Å². The van der Waals surface area contributed by atoms with Crippen molar-refractivity contribution in [3.05, 3.63) is 8.84 Å². The molecule has 4 nitrogen and oxygen atoms in total. The summed E-state index contributed by atoms with van der Waals surface area (Å²) >= 11 is 0.592. The molecule has 83 valence electrons. The maximum absolute atomic E-state index is 10.6. The van der Waals surface area contributed by atoms with Crippen molar-refractivity contribution < 1.29 is 45.6 Å². The van der Waals surface area contributed by atoms with E-state index < -0.39 is 5.97 Å². The van der Waals surface area contributed by atoms with Crippen LogP contribution in [0.3, 0.4) is 0 Å². The van der Waals surface area contributed by atoms with Crippen LogP contribution in [-0.2, 0) is 40.4 Å². The van der Waals surface area contributed by atoms with E-state index in [1.807, 2.05) is 6.92 Å². The average molecular weight is 402 g/mol. The molecule has 0 aliphatic rings. The Bertz CT molecular complexity index is 242. The SMILES string of the molecule is CC(=O)O.CC[C]([Hg])=C(CC)OC(C)=O. The van der Waals surface area contributed by atoms with Gasteiger partial charge in [-0.25, -0.2) is 0 Å². The number of allylic oxidation sites excluding steroid dienone is 2. The van der Waals surface area contributed by atoms with E-state index in [2.05, 4.69) is 6.92 Å². The van der Waals surface area contributed by atoms with Gasteiger partial charge in [-0.05, 0) is 0 Å². The summed E-state index contributed by atoms with van der Waals surface area (Å²) < 4.78 is 6.39. The van der Waals surface area contributed by atoms with Gasteiger partial charge in [-0.1, -0.05) is 0 Å². The first-order valence-corrected chi connectivity index (χ1v) is 7.51. The molecule has 0 spiro atoms. The van der Waals surface area contributed by atoms with E-state index >= 15 is 0 Å². The van der Waals surface area contributed by atoms with Crippen molar-refractivity contribution >= 4 is 11.9 Å². The van der Waals surface area contributed by atoms with E-state index in [1.54, 1.807) is 0 Å². The van der Waals surface area contributed by atoms with Crippen molar-refractivity contribution in [3.63, 3.8) is 0 Å². The van der Waals surface area contributed by atoms with Gasteiger partial charge in [-0.3, -0.25) is 4.79 Å². The molecular weight excluding hydrogens is 385 g/mol. The van der Waals surface area contributed by atoms with Crippen LogP contribution >= 0.6 is 0 Å². The summed E-state index contributed by atoms with van der Waals surface area (Å²) in [6, 6.07) is 0. The molecule has 0 aliphatic carbocycles. The third-order valence-electron chi connectivity index (χ3n) is 1.41. The maximum atomic E-state index is 10.6. The van der Waals surface area contributed by atoms with Gasteiger partial charge in [-0.15, -0.1) is 0 Å². The normalized spacial score (nSPS) is 10.8. The van der Waals surface area contributed by atoms with Crippen molar-refractivity contribution in [2.75, 3.05) is 0 Å². The topological polar surface area (TPSA) is 63.6 Å². The van der Waals surface area contributed by atoms with Crippen LogP contribution in [0.25, 0.3) is 0 Å². The number of carbonyl (C=O) groups is 2. The number of aliphatic carboxylic acids is 1. The Morgan fingerprint density at radius 1 is 1.20 bits per heavy atom. The molecule has 0 aliphatic heterocycles. The number of carboxylic acids is 1.